The van der Waals surface area contributed by atoms with E-state index in [-0.39, 0.29) is 24.9 Å². The molecule has 2 atom stereocenters. The van der Waals surface area contributed by atoms with E-state index in [2.05, 4.69) is 17.0 Å². The highest BCUT2D eigenvalue weighted by molar-refractivity contribution is 7.17. The Hall–Kier alpha value is -1.30. The van der Waals surface area contributed by atoms with Crippen LogP contribution in [0.3, 0.4) is 0 Å². The van der Waals surface area contributed by atoms with Gasteiger partial charge in [-0.1, -0.05) is 25.0 Å². The fourth-order valence-electron chi connectivity index (χ4n) is 4.53. The van der Waals surface area contributed by atoms with E-state index in [4.69, 9.17) is 4.74 Å². The van der Waals surface area contributed by atoms with Crippen molar-refractivity contribution in [3.05, 3.63) is 29.6 Å². The smallest absolute Gasteiger partial charge is 0.260 e. The lowest BCUT2D eigenvalue weighted by Gasteiger charge is -2.42. The van der Waals surface area contributed by atoms with Crippen LogP contribution in [0.25, 0.3) is 10.1 Å². The first kappa shape index (κ1) is 20.4. The van der Waals surface area contributed by atoms with Gasteiger partial charge in [0.25, 0.3) is 5.91 Å². The average molecular weight is 409 g/mol. The molecule has 0 N–H and O–H groups in total. The maximum atomic E-state index is 12.8. The quantitative estimate of drug-likeness (QED) is 0.726. The molecule has 148 valence electrons. The topological polar surface area (TPSA) is 32.8 Å². The van der Waals surface area contributed by atoms with Crippen molar-refractivity contribution in [2.75, 3.05) is 26.7 Å². The van der Waals surface area contributed by atoms with E-state index >= 15 is 0 Å². The van der Waals surface area contributed by atoms with Gasteiger partial charge >= 0.3 is 0 Å². The summed E-state index contributed by atoms with van der Waals surface area (Å²) in [4.78, 5) is 17.4. The molecular weight excluding hydrogens is 380 g/mol. The highest BCUT2D eigenvalue weighted by Gasteiger charge is 2.35. The SMILES string of the molecule is CN(C(=O)COc1csc2ccccc12)C1CCCCC1N1CCCC1.Cl. The second-order valence-corrected chi connectivity index (χ2v) is 8.46. The first-order chi connectivity index (χ1) is 12.7. The molecule has 2 aliphatic rings. The van der Waals surface area contributed by atoms with Gasteiger partial charge in [0.05, 0.1) is 0 Å². The Morgan fingerprint density at radius 2 is 1.93 bits per heavy atom. The van der Waals surface area contributed by atoms with Crippen LogP contribution in [0.2, 0.25) is 0 Å². The zero-order valence-electron chi connectivity index (χ0n) is 15.9. The Kier molecular flexibility index (Phi) is 7.01. The van der Waals surface area contributed by atoms with Crippen molar-refractivity contribution in [3.8, 4) is 5.75 Å². The van der Waals surface area contributed by atoms with E-state index < -0.39 is 0 Å². The number of hydrogen-bond acceptors (Lipinski definition) is 4. The van der Waals surface area contributed by atoms with Crippen molar-refractivity contribution in [3.63, 3.8) is 0 Å². The second-order valence-electron chi connectivity index (χ2n) is 7.55. The highest BCUT2D eigenvalue weighted by atomic mass is 35.5. The van der Waals surface area contributed by atoms with Gasteiger partial charge in [-0.05, 0) is 50.9 Å². The first-order valence-electron chi connectivity index (χ1n) is 9.83. The number of carbonyl (C=O) groups is 1. The number of rotatable bonds is 5. The third kappa shape index (κ3) is 4.41. The van der Waals surface area contributed by atoms with E-state index in [0.29, 0.717) is 12.1 Å². The largest absolute Gasteiger partial charge is 0.482 e. The van der Waals surface area contributed by atoms with E-state index in [1.54, 1.807) is 11.3 Å². The number of amides is 1. The molecule has 1 saturated heterocycles. The van der Waals surface area contributed by atoms with Gasteiger partial charge in [-0.15, -0.1) is 23.7 Å². The molecule has 4 rings (SSSR count). The van der Waals surface area contributed by atoms with Crippen molar-refractivity contribution in [1.82, 2.24) is 9.80 Å². The van der Waals surface area contributed by atoms with Gasteiger partial charge in [0.2, 0.25) is 0 Å². The molecule has 6 heteroatoms. The van der Waals surface area contributed by atoms with Crippen LogP contribution in [-0.4, -0.2) is 54.5 Å². The maximum absolute atomic E-state index is 12.8. The minimum Gasteiger partial charge on any atom is -0.482 e. The molecule has 1 saturated carbocycles. The van der Waals surface area contributed by atoms with Gasteiger partial charge in [0, 0.05) is 34.6 Å². The van der Waals surface area contributed by atoms with Crippen LogP contribution in [0.1, 0.15) is 38.5 Å². The summed E-state index contributed by atoms with van der Waals surface area (Å²) in [5.41, 5.74) is 0. The van der Waals surface area contributed by atoms with Gasteiger partial charge in [-0.2, -0.15) is 0 Å². The zero-order chi connectivity index (χ0) is 17.9. The summed E-state index contributed by atoms with van der Waals surface area (Å²) < 4.78 is 7.10. The number of likely N-dealkylation sites (tertiary alicyclic amines) is 1. The summed E-state index contributed by atoms with van der Waals surface area (Å²) >= 11 is 1.66. The molecule has 27 heavy (non-hydrogen) atoms. The number of halogens is 1. The number of ether oxygens (including phenoxy) is 1. The molecule has 2 aromatic rings. The lowest BCUT2D eigenvalue weighted by Crippen LogP contribution is -2.53. The number of benzene rings is 1. The van der Waals surface area contributed by atoms with Crippen LogP contribution < -0.4 is 4.74 Å². The zero-order valence-corrected chi connectivity index (χ0v) is 17.6. The van der Waals surface area contributed by atoms with Gasteiger partial charge in [0.1, 0.15) is 5.75 Å². The minimum absolute atomic E-state index is 0. The summed E-state index contributed by atoms with van der Waals surface area (Å²) in [6, 6.07) is 9.05. The Labute approximate surface area is 171 Å². The first-order valence-corrected chi connectivity index (χ1v) is 10.7. The molecule has 2 fully saturated rings. The van der Waals surface area contributed by atoms with Gasteiger partial charge in [0.15, 0.2) is 6.61 Å². The molecule has 1 aliphatic heterocycles. The van der Waals surface area contributed by atoms with Crippen LogP contribution in [0, 0.1) is 0 Å². The van der Waals surface area contributed by atoms with Crippen LogP contribution in [0.4, 0.5) is 0 Å². The van der Waals surface area contributed by atoms with Crippen molar-refractivity contribution in [1.29, 1.82) is 0 Å². The number of thiophene rings is 1. The predicted octanol–water partition coefficient (Wildman–Crippen LogP) is 4.57. The van der Waals surface area contributed by atoms with Gasteiger partial charge in [-0.3, -0.25) is 9.69 Å². The Morgan fingerprint density at radius 3 is 2.74 bits per heavy atom. The third-order valence-corrected chi connectivity index (χ3v) is 6.93. The minimum atomic E-state index is 0. The summed E-state index contributed by atoms with van der Waals surface area (Å²) in [5, 5.41) is 3.10. The molecule has 1 aliphatic carbocycles. The number of likely N-dealkylation sites (N-methyl/N-ethyl adjacent to an activating group) is 1. The normalized spacial score (nSPS) is 23.1. The summed E-state index contributed by atoms with van der Waals surface area (Å²) in [6.45, 7) is 2.52. The molecule has 1 aromatic heterocycles. The maximum Gasteiger partial charge on any atom is 0.260 e. The summed E-state index contributed by atoms with van der Waals surface area (Å²) in [5.74, 6) is 0.920. The number of carbonyl (C=O) groups excluding carboxylic acids is 1. The number of hydrogen-bond donors (Lipinski definition) is 0. The lowest BCUT2D eigenvalue weighted by atomic mass is 9.88. The number of fused-ring (bicyclic) bond motifs is 1. The molecule has 2 heterocycles. The molecule has 1 aromatic carbocycles. The van der Waals surface area contributed by atoms with Crippen LogP contribution in [-0.2, 0) is 4.79 Å². The standard InChI is InChI=1S/C21H28N2O2S.ClH/c1-22(17-9-3-4-10-18(17)23-12-6-7-13-23)21(24)14-25-19-15-26-20-11-5-2-8-16(19)20;/h2,5,8,11,15,17-18H,3-4,6-7,9-10,12-14H2,1H3;1H. The van der Waals surface area contributed by atoms with Crippen molar-refractivity contribution in [2.24, 2.45) is 0 Å². The molecule has 1 amide bonds. The second kappa shape index (κ2) is 9.26. The Balaban J connectivity index is 0.00000210. The van der Waals surface area contributed by atoms with Crippen molar-refractivity contribution >= 4 is 39.7 Å². The fourth-order valence-corrected chi connectivity index (χ4v) is 5.42. The molecule has 2 unspecified atom stereocenters. The van der Waals surface area contributed by atoms with Crippen molar-refractivity contribution in [2.45, 2.75) is 50.6 Å². The van der Waals surface area contributed by atoms with E-state index in [9.17, 15) is 4.79 Å². The van der Waals surface area contributed by atoms with Crippen LogP contribution in [0.5, 0.6) is 5.75 Å². The number of nitrogens with zero attached hydrogens (tertiary/aromatic N) is 2. The predicted molar refractivity (Wildman–Crippen MR) is 114 cm³/mol. The molecule has 0 spiro atoms. The third-order valence-electron chi connectivity index (χ3n) is 5.99. The van der Waals surface area contributed by atoms with E-state index in [0.717, 1.165) is 17.6 Å². The summed E-state index contributed by atoms with van der Waals surface area (Å²) in [6.07, 6.45) is 7.45. The molecular formula is C21H29ClN2O2S. The molecule has 0 radical (unpaired) electrons. The van der Waals surface area contributed by atoms with Gasteiger partial charge in [-0.25, -0.2) is 0 Å². The lowest BCUT2D eigenvalue weighted by molar-refractivity contribution is -0.136. The average Bonchev–Trinajstić information content (AvgIpc) is 3.35. The molecule has 4 nitrogen and oxygen atoms in total. The Bertz CT molecular complexity index is 759. The summed E-state index contributed by atoms with van der Waals surface area (Å²) in [7, 11) is 1.97. The van der Waals surface area contributed by atoms with Gasteiger partial charge < -0.3 is 9.64 Å². The van der Waals surface area contributed by atoms with Crippen LogP contribution in [0.15, 0.2) is 29.6 Å². The highest BCUT2D eigenvalue weighted by Crippen LogP contribution is 2.32. The Morgan fingerprint density at radius 1 is 1.19 bits per heavy atom. The van der Waals surface area contributed by atoms with Crippen molar-refractivity contribution < 1.29 is 9.53 Å². The van der Waals surface area contributed by atoms with E-state index in [1.165, 1.54) is 49.9 Å². The molecule has 0 bridgehead atoms. The van der Waals surface area contributed by atoms with Crippen LogP contribution >= 0.6 is 23.7 Å². The fraction of sp³-hybridized carbons (Fsp3) is 0.571. The van der Waals surface area contributed by atoms with E-state index in [1.807, 2.05) is 29.5 Å². The monoisotopic (exact) mass is 408 g/mol.